The van der Waals surface area contributed by atoms with Crippen LogP contribution in [0.4, 0.5) is 10.7 Å². The number of hydrogen-bond donors (Lipinski definition) is 7. The van der Waals surface area contributed by atoms with E-state index in [4.69, 9.17) is 21.9 Å². The van der Waals surface area contributed by atoms with E-state index in [1.807, 2.05) is 31.2 Å². The number of carbonyl (C=O) groups excluding carboxylic acids is 3. The van der Waals surface area contributed by atoms with Gasteiger partial charge in [-0.05, 0) is 43.7 Å². The van der Waals surface area contributed by atoms with Gasteiger partial charge in [-0.2, -0.15) is 16.7 Å². The van der Waals surface area contributed by atoms with E-state index in [1.165, 1.54) is 0 Å². The van der Waals surface area contributed by atoms with Crippen LogP contribution in [-0.2, 0) is 22.7 Å². The molecule has 1 aromatic heterocycles. The van der Waals surface area contributed by atoms with Crippen LogP contribution in [-0.4, -0.2) is 56.7 Å². The number of anilines is 1. The Morgan fingerprint density at radius 2 is 1.70 bits per heavy atom. The second kappa shape index (κ2) is 14.7. The lowest BCUT2D eigenvalue weighted by Crippen LogP contribution is -2.72. The number of benzene rings is 1. The summed E-state index contributed by atoms with van der Waals surface area (Å²) in [7, 11) is 0. The standard InChI is InChI=1S/C29H43N9O4S/c1-19-15-25(36-26(30)35-19)42-17-21-12-10-20(11-13-21)16-34-24(40)8-3-2-6-14-33-23(39)9-5-4-7-22-29(32)28(31,18-43-22)37-27(41)38-29/h10-13,15,22H,2-9,14,16-18,31-32H2,1H3,(H,33,39)(H,34,40)(H2,30,35,36)(H2,37,38,41)/t22-,28-,29+/m0/s1. The van der Waals surface area contributed by atoms with E-state index in [9.17, 15) is 14.4 Å². The van der Waals surface area contributed by atoms with E-state index in [2.05, 4.69) is 31.2 Å². The number of nitrogens with two attached hydrogens (primary N) is 3. The van der Waals surface area contributed by atoms with E-state index >= 15 is 0 Å². The summed E-state index contributed by atoms with van der Waals surface area (Å²) in [5.74, 6) is 1.20. The van der Waals surface area contributed by atoms with Crippen LogP contribution in [0.5, 0.6) is 5.88 Å². The second-order valence-corrected chi connectivity index (χ2v) is 12.4. The minimum absolute atomic E-state index is 0.00393. The van der Waals surface area contributed by atoms with E-state index < -0.39 is 11.3 Å². The van der Waals surface area contributed by atoms with E-state index in [1.54, 1.807) is 17.8 Å². The Morgan fingerprint density at radius 3 is 2.44 bits per heavy atom. The SMILES string of the molecule is Cc1cc(OCc2ccc(CNC(=O)CCCCCNC(=O)CCCC[C@@H]3SC[C@]4(N)NC(=O)N[C@]34N)cc2)nc(N)n1. The number of carbonyl (C=O) groups is 3. The number of nitrogen functional groups attached to an aromatic ring is 1. The number of fused-ring (bicyclic) bond motifs is 1. The average Bonchev–Trinajstić information content (AvgIpc) is 3.33. The minimum atomic E-state index is -0.968. The van der Waals surface area contributed by atoms with Crippen molar-refractivity contribution < 1.29 is 19.1 Å². The number of urea groups is 1. The van der Waals surface area contributed by atoms with Gasteiger partial charge in [0.2, 0.25) is 23.6 Å². The van der Waals surface area contributed by atoms with Gasteiger partial charge in [0.15, 0.2) is 0 Å². The first-order chi connectivity index (χ1) is 20.6. The fourth-order valence-electron chi connectivity index (χ4n) is 5.19. The van der Waals surface area contributed by atoms with Gasteiger partial charge < -0.3 is 43.2 Å². The van der Waals surface area contributed by atoms with Gasteiger partial charge in [-0.3, -0.25) is 9.59 Å². The number of aromatic nitrogens is 2. The molecule has 3 atom stereocenters. The molecular formula is C29H43N9O4S. The molecule has 0 bridgehead atoms. The number of unbranched alkanes of at least 4 members (excludes halogenated alkanes) is 3. The molecule has 10 N–H and O–H groups in total. The molecule has 1 aromatic carbocycles. The summed E-state index contributed by atoms with van der Waals surface area (Å²) in [4.78, 5) is 44.2. The van der Waals surface area contributed by atoms with Gasteiger partial charge in [0.1, 0.15) is 17.9 Å². The van der Waals surface area contributed by atoms with Crippen molar-refractivity contribution in [3.8, 4) is 5.88 Å². The molecule has 2 aromatic rings. The highest BCUT2D eigenvalue weighted by molar-refractivity contribution is 8.00. The fourth-order valence-corrected chi connectivity index (χ4v) is 6.83. The van der Waals surface area contributed by atoms with Gasteiger partial charge in [0.05, 0.1) is 0 Å². The van der Waals surface area contributed by atoms with Crippen LogP contribution in [0.25, 0.3) is 0 Å². The van der Waals surface area contributed by atoms with E-state index in [0.29, 0.717) is 44.2 Å². The van der Waals surface area contributed by atoms with Crippen LogP contribution >= 0.6 is 11.8 Å². The van der Waals surface area contributed by atoms with Crippen molar-refractivity contribution in [1.82, 2.24) is 31.2 Å². The number of ether oxygens (including phenoxy) is 1. The lowest BCUT2D eigenvalue weighted by Gasteiger charge is -2.35. The van der Waals surface area contributed by atoms with Gasteiger partial charge in [-0.25, -0.2) is 9.78 Å². The smallest absolute Gasteiger partial charge is 0.317 e. The molecule has 4 amide bonds. The summed E-state index contributed by atoms with van der Waals surface area (Å²) in [6.45, 7) is 3.24. The van der Waals surface area contributed by atoms with Gasteiger partial charge in [-0.15, -0.1) is 0 Å². The Labute approximate surface area is 256 Å². The van der Waals surface area contributed by atoms with Crippen molar-refractivity contribution in [3.05, 3.63) is 47.2 Å². The molecule has 3 heterocycles. The highest BCUT2D eigenvalue weighted by Crippen LogP contribution is 2.42. The van der Waals surface area contributed by atoms with Crippen LogP contribution in [0.15, 0.2) is 30.3 Å². The minimum Gasteiger partial charge on any atom is -0.473 e. The molecule has 0 saturated carbocycles. The first-order valence-electron chi connectivity index (χ1n) is 14.7. The van der Waals surface area contributed by atoms with Crippen LogP contribution in [0.3, 0.4) is 0 Å². The molecule has 0 unspecified atom stereocenters. The molecule has 43 heavy (non-hydrogen) atoms. The van der Waals surface area contributed by atoms with Gasteiger partial charge in [-0.1, -0.05) is 37.1 Å². The van der Waals surface area contributed by atoms with Crippen molar-refractivity contribution in [3.63, 3.8) is 0 Å². The maximum absolute atomic E-state index is 12.2. The number of thioether (sulfide) groups is 1. The summed E-state index contributed by atoms with van der Waals surface area (Å²) in [5, 5.41) is 11.4. The Hall–Kier alpha value is -3.62. The third-order valence-electron chi connectivity index (χ3n) is 7.69. The second-order valence-electron chi connectivity index (χ2n) is 11.2. The van der Waals surface area contributed by atoms with Crippen LogP contribution in [0.1, 0.15) is 68.2 Å². The van der Waals surface area contributed by atoms with Crippen molar-refractivity contribution in [1.29, 1.82) is 0 Å². The van der Waals surface area contributed by atoms with Gasteiger partial charge in [0, 0.05) is 48.7 Å². The summed E-state index contributed by atoms with van der Waals surface area (Å²) >= 11 is 1.65. The summed E-state index contributed by atoms with van der Waals surface area (Å²) in [6.07, 6.45) is 5.68. The maximum Gasteiger partial charge on any atom is 0.317 e. The van der Waals surface area contributed by atoms with E-state index in [0.717, 1.165) is 55.3 Å². The van der Waals surface area contributed by atoms with Crippen molar-refractivity contribution in [2.75, 3.05) is 18.0 Å². The third-order valence-corrected chi connectivity index (χ3v) is 9.32. The molecule has 2 saturated heterocycles. The van der Waals surface area contributed by atoms with Crippen molar-refractivity contribution >= 4 is 35.6 Å². The zero-order valence-corrected chi connectivity index (χ0v) is 25.4. The number of rotatable bonds is 16. The fraction of sp³-hybridized carbons (Fsp3) is 0.552. The molecule has 2 aliphatic heterocycles. The predicted octanol–water partition coefficient (Wildman–Crippen LogP) is 1.54. The van der Waals surface area contributed by atoms with Gasteiger partial charge >= 0.3 is 6.03 Å². The molecule has 14 heteroatoms. The summed E-state index contributed by atoms with van der Waals surface area (Å²) < 4.78 is 5.69. The predicted molar refractivity (Wildman–Crippen MR) is 165 cm³/mol. The molecule has 0 radical (unpaired) electrons. The maximum atomic E-state index is 12.2. The Balaban J connectivity index is 0.994. The molecule has 0 spiro atoms. The number of aryl methyl sites for hydroxylation is 1. The third kappa shape index (κ3) is 8.94. The quantitative estimate of drug-likeness (QED) is 0.107. The molecule has 234 valence electrons. The van der Waals surface area contributed by atoms with Crippen molar-refractivity contribution in [2.24, 2.45) is 11.5 Å². The first kappa shape index (κ1) is 32.3. The monoisotopic (exact) mass is 613 g/mol. The molecule has 2 fully saturated rings. The number of nitrogens with one attached hydrogen (secondary N) is 4. The van der Waals surface area contributed by atoms with Crippen molar-refractivity contribution in [2.45, 2.75) is 88.0 Å². The van der Waals surface area contributed by atoms with Crippen LogP contribution in [0, 0.1) is 6.92 Å². The molecule has 13 nitrogen and oxygen atoms in total. The normalized spacial score (nSPS) is 22.4. The van der Waals surface area contributed by atoms with Crippen LogP contribution in [0.2, 0.25) is 0 Å². The highest BCUT2D eigenvalue weighted by atomic mass is 32.2. The van der Waals surface area contributed by atoms with Gasteiger partial charge in [0.25, 0.3) is 0 Å². The van der Waals surface area contributed by atoms with E-state index in [-0.39, 0.29) is 29.0 Å². The number of hydrogen-bond acceptors (Lipinski definition) is 10. The number of nitrogens with zero attached hydrogens (tertiary/aromatic N) is 2. The molecule has 0 aliphatic carbocycles. The Morgan fingerprint density at radius 1 is 1.00 bits per heavy atom. The van der Waals surface area contributed by atoms with Crippen LogP contribution < -0.4 is 43.2 Å². The lowest BCUT2D eigenvalue weighted by atomic mass is 9.91. The summed E-state index contributed by atoms with van der Waals surface area (Å²) in [6, 6.07) is 9.23. The molecule has 4 rings (SSSR count). The zero-order chi connectivity index (χ0) is 30.9. The largest absolute Gasteiger partial charge is 0.473 e. The lowest BCUT2D eigenvalue weighted by molar-refractivity contribution is -0.122. The zero-order valence-electron chi connectivity index (χ0n) is 24.6. The Bertz CT molecular complexity index is 1260. The topological polar surface area (TPSA) is 212 Å². The Kier molecular flexibility index (Phi) is 11.0. The number of amides is 4. The highest BCUT2D eigenvalue weighted by Gasteiger charge is 2.62. The molecular weight excluding hydrogens is 570 g/mol. The molecule has 2 aliphatic rings. The summed E-state index contributed by atoms with van der Waals surface area (Å²) in [5.41, 5.74) is 19.2. The first-order valence-corrected chi connectivity index (χ1v) is 15.8. The average molecular weight is 614 g/mol.